The Morgan fingerprint density at radius 3 is 2.79 bits per heavy atom. The van der Waals surface area contributed by atoms with Gasteiger partial charge in [-0.3, -0.25) is 19.6 Å². The summed E-state index contributed by atoms with van der Waals surface area (Å²) in [7, 11) is 0. The van der Waals surface area contributed by atoms with E-state index in [0.29, 0.717) is 18.5 Å². The monoisotopic (exact) mass is 403 g/mol. The molecule has 0 bridgehead atoms. The van der Waals surface area contributed by atoms with Gasteiger partial charge in [-0.15, -0.1) is 16.9 Å². The molecule has 2 fully saturated rings. The summed E-state index contributed by atoms with van der Waals surface area (Å²) in [5.41, 5.74) is 0.603. The topological polar surface area (TPSA) is 120 Å². The fourth-order valence-corrected chi connectivity index (χ4v) is 5.30. The van der Waals surface area contributed by atoms with Crippen molar-refractivity contribution < 1.29 is 19.2 Å². The van der Waals surface area contributed by atoms with Gasteiger partial charge in [-0.1, -0.05) is 5.21 Å². The predicted molar refractivity (Wildman–Crippen MR) is 97.9 cm³/mol. The molecule has 2 aliphatic rings. The minimum absolute atomic E-state index is 0.0237. The van der Waals surface area contributed by atoms with Gasteiger partial charge < -0.3 is 9.64 Å². The van der Waals surface area contributed by atoms with Gasteiger partial charge in [-0.25, -0.2) is 4.79 Å². The van der Waals surface area contributed by atoms with Gasteiger partial charge in [0, 0.05) is 18.3 Å². The lowest BCUT2D eigenvalue weighted by Crippen LogP contribution is -2.58. The average molecular weight is 403 g/mol. The number of hydrogen-bond donors (Lipinski definition) is 0. The maximum atomic E-state index is 12.9. The summed E-state index contributed by atoms with van der Waals surface area (Å²) in [6.45, 7) is 2.31. The molecule has 3 atom stereocenters. The van der Waals surface area contributed by atoms with Crippen molar-refractivity contribution in [2.45, 2.75) is 42.7 Å². The molecule has 10 nitrogen and oxygen atoms in total. The Labute approximate surface area is 164 Å². The number of fused-ring (bicyclic) bond motifs is 1. The third kappa shape index (κ3) is 3.21. The average Bonchev–Trinajstić information content (AvgIpc) is 3.24. The van der Waals surface area contributed by atoms with Gasteiger partial charge in [0.25, 0.3) is 5.69 Å². The molecule has 4 rings (SSSR count). The zero-order chi connectivity index (χ0) is 19.9. The summed E-state index contributed by atoms with van der Waals surface area (Å²) < 4.78 is 6.51. The first-order chi connectivity index (χ1) is 13.4. The lowest BCUT2D eigenvalue weighted by Gasteiger charge is -2.37. The normalized spacial score (nSPS) is 25.9. The van der Waals surface area contributed by atoms with Crippen molar-refractivity contribution in [3.63, 3.8) is 0 Å². The van der Waals surface area contributed by atoms with Crippen LogP contribution in [-0.4, -0.2) is 52.9 Å². The summed E-state index contributed by atoms with van der Waals surface area (Å²) in [4.78, 5) is 36.8. The molecule has 2 saturated heterocycles. The van der Waals surface area contributed by atoms with E-state index in [1.54, 1.807) is 45.9 Å². The first-order valence-electron chi connectivity index (χ1n) is 8.60. The number of nitro groups is 1. The second-order valence-electron chi connectivity index (χ2n) is 6.92. The number of carbonyl (C=O) groups excluding carboxylic acids is 2. The SMILES string of the molecule is C[C@@]1(Cn2ccnn2)S[C@H]2CC(=O)N2[C@H]1C(=O)OCc1ccc([N+](=O)[O-])cc1. The van der Waals surface area contributed by atoms with Crippen LogP contribution in [-0.2, 0) is 27.5 Å². The molecule has 3 heterocycles. The van der Waals surface area contributed by atoms with E-state index < -0.39 is 21.7 Å². The van der Waals surface area contributed by atoms with Gasteiger partial charge in [0.1, 0.15) is 12.6 Å². The number of rotatable bonds is 6. The first-order valence-corrected chi connectivity index (χ1v) is 9.48. The quantitative estimate of drug-likeness (QED) is 0.307. The Morgan fingerprint density at radius 1 is 1.43 bits per heavy atom. The Kier molecular flexibility index (Phi) is 4.53. The molecule has 1 aromatic carbocycles. The van der Waals surface area contributed by atoms with Crippen molar-refractivity contribution in [1.29, 1.82) is 0 Å². The van der Waals surface area contributed by atoms with Gasteiger partial charge in [0.15, 0.2) is 0 Å². The van der Waals surface area contributed by atoms with Crippen LogP contribution < -0.4 is 0 Å². The smallest absolute Gasteiger partial charge is 0.330 e. The van der Waals surface area contributed by atoms with E-state index >= 15 is 0 Å². The molecule has 2 aliphatic heterocycles. The van der Waals surface area contributed by atoms with E-state index in [0.717, 1.165) is 0 Å². The van der Waals surface area contributed by atoms with E-state index in [2.05, 4.69) is 10.3 Å². The molecule has 1 amide bonds. The maximum Gasteiger partial charge on any atom is 0.330 e. The molecule has 0 N–H and O–H groups in total. The zero-order valence-corrected chi connectivity index (χ0v) is 15.7. The van der Waals surface area contributed by atoms with Crippen molar-refractivity contribution in [3.05, 3.63) is 52.3 Å². The van der Waals surface area contributed by atoms with Crippen molar-refractivity contribution in [1.82, 2.24) is 19.9 Å². The van der Waals surface area contributed by atoms with Gasteiger partial charge in [-0.2, -0.15) is 0 Å². The van der Waals surface area contributed by atoms with Crippen LogP contribution in [0.2, 0.25) is 0 Å². The van der Waals surface area contributed by atoms with Crippen LogP contribution >= 0.6 is 11.8 Å². The number of β-lactam (4-membered cyclic amide) rings is 1. The molecule has 0 unspecified atom stereocenters. The lowest BCUT2D eigenvalue weighted by atomic mass is 9.96. The minimum atomic E-state index is -0.731. The van der Waals surface area contributed by atoms with Crippen molar-refractivity contribution in [2.24, 2.45) is 0 Å². The molecule has 0 saturated carbocycles. The Balaban J connectivity index is 1.48. The summed E-state index contributed by atoms with van der Waals surface area (Å²) >= 11 is 1.57. The highest BCUT2D eigenvalue weighted by atomic mass is 32.2. The maximum absolute atomic E-state index is 12.9. The number of benzene rings is 1. The molecule has 28 heavy (non-hydrogen) atoms. The van der Waals surface area contributed by atoms with Crippen LogP contribution in [0, 0.1) is 10.1 Å². The largest absolute Gasteiger partial charge is 0.459 e. The number of ether oxygens (including phenoxy) is 1. The van der Waals surface area contributed by atoms with E-state index in [9.17, 15) is 19.7 Å². The van der Waals surface area contributed by atoms with Gasteiger partial charge in [0.2, 0.25) is 5.91 Å². The highest BCUT2D eigenvalue weighted by molar-refractivity contribution is 8.01. The number of hydrogen-bond acceptors (Lipinski definition) is 8. The number of nitrogens with zero attached hydrogens (tertiary/aromatic N) is 5. The molecule has 11 heteroatoms. The lowest BCUT2D eigenvalue weighted by molar-refractivity contribution is -0.384. The number of carbonyl (C=O) groups is 2. The summed E-state index contributed by atoms with van der Waals surface area (Å²) in [6, 6.07) is 5.07. The number of non-ortho nitro benzene ring substituents is 1. The van der Waals surface area contributed by atoms with Gasteiger partial charge in [-0.05, 0) is 24.6 Å². The van der Waals surface area contributed by atoms with Crippen LogP contribution in [0.1, 0.15) is 18.9 Å². The molecular formula is C17H17N5O5S. The molecule has 146 valence electrons. The highest BCUT2D eigenvalue weighted by Gasteiger charge is 2.61. The van der Waals surface area contributed by atoms with Crippen molar-refractivity contribution in [3.8, 4) is 0 Å². The Morgan fingerprint density at radius 2 is 2.18 bits per heavy atom. The zero-order valence-electron chi connectivity index (χ0n) is 14.9. The van der Waals surface area contributed by atoms with Crippen molar-refractivity contribution >= 4 is 29.3 Å². The third-order valence-electron chi connectivity index (χ3n) is 4.91. The molecule has 0 aliphatic carbocycles. The first kappa shape index (κ1) is 18.4. The van der Waals surface area contributed by atoms with Crippen LogP contribution in [0.5, 0.6) is 0 Å². The second kappa shape index (κ2) is 6.89. The van der Waals surface area contributed by atoms with Gasteiger partial charge >= 0.3 is 5.97 Å². The van der Waals surface area contributed by atoms with Crippen LogP contribution in [0.15, 0.2) is 36.7 Å². The molecule has 1 aromatic heterocycles. The Bertz CT molecular complexity index is 919. The standard InChI is InChI=1S/C17H17N5O5S/c1-17(10-20-7-6-18-19-20)15(21-13(23)8-14(21)28-17)16(24)27-9-11-2-4-12(5-3-11)22(25)26/h2-7,14-15H,8-10H2,1H3/t14-,15-,17-/m0/s1. The van der Waals surface area contributed by atoms with E-state index in [4.69, 9.17) is 4.74 Å². The highest BCUT2D eigenvalue weighted by Crippen LogP contribution is 2.51. The number of nitro benzene ring substituents is 1. The number of thioether (sulfide) groups is 1. The third-order valence-corrected chi connectivity index (χ3v) is 6.47. The number of aromatic nitrogens is 3. The van der Waals surface area contributed by atoms with Crippen LogP contribution in [0.4, 0.5) is 5.69 Å². The number of esters is 1. The van der Waals surface area contributed by atoms with E-state index in [1.165, 1.54) is 12.1 Å². The second-order valence-corrected chi connectivity index (χ2v) is 8.64. The van der Waals surface area contributed by atoms with E-state index in [1.807, 2.05) is 6.92 Å². The fraction of sp³-hybridized carbons (Fsp3) is 0.412. The van der Waals surface area contributed by atoms with Crippen LogP contribution in [0.25, 0.3) is 0 Å². The summed E-state index contributed by atoms with van der Waals surface area (Å²) in [6.07, 6.45) is 3.68. The molecule has 2 aromatic rings. The molecular weight excluding hydrogens is 386 g/mol. The fourth-order valence-electron chi connectivity index (χ4n) is 3.55. The molecule has 0 spiro atoms. The summed E-state index contributed by atoms with van der Waals surface area (Å²) in [5, 5.41) is 18.4. The number of amides is 1. The molecule has 0 radical (unpaired) electrons. The van der Waals surface area contributed by atoms with Gasteiger partial charge in [0.05, 0.1) is 34.2 Å². The van der Waals surface area contributed by atoms with Crippen molar-refractivity contribution in [2.75, 3.05) is 0 Å². The summed E-state index contributed by atoms with van der Waals surface area (Å²) in [5.74, 6) is -0.568. The Hall–Kier alpha value is -2.95. The van der Waals surface area contributed by atoms with Crippen LogP contribution in [0.3, 0.4) is 0 Å². The predicted octanol–water partition coefficient (Wildman–Crippen LogP) is 1.36. The minimum Gasteiger partial charge on any atom is -0.459 e. The van der Waals surface area contributed by atoms with E-state index in [-0.39, 0.29) is 23.6 Å².